The summed E-state index contributed by atoms with van der Waals surface area (Å²) in [6.45, 7) is 4.67. The smallest absolute Gasteiger partial charge is 0.277 e. The lowest BCUT2D eigenvalue weighted by molar-refractivity contribution is -0.101. The number of carbonyl (C=O) groups excluding carboxylic acids is 1. The van der Waals surface area contributed by atoms with Crippen LogP contribution >= 0.6 is 0 Å². The van der Waals surface area contributed by atoms with E-state index in [1.807, 2.05) is 55.5 Å². The third-order valence-electron chi connectivity index (χ3n) is 5.27. The number of aromatic nitrogens is 2. The number of hydrogen-bond acceptors (Lipinski definition) is 5. The van der Waals surface area contributed by atoms with Crippen LogP contribution in [0.15, 0.2) is 48.5 Å². The van der Waals surface area contributed by atoms with Crippen molar-refractivity contribution in [2.24, 2.45) is 0 Å². The monoisotopic (exact) mass is 407 g/mol. The minimum atomic E-state index is -1.18. The lowest BCUT2D eigenvalue weighted by Gasteiger charge is -2.28. The Hall–Kier alpha value is -3.16. The van der Waals surface area contributed by atoms with Crippen LogP contribution in [0, 0.1) is 6.92 Å². The molecule has 7 heteroatoms. The first-order valence-corrected chi connectivity index (χ1v) is 9.98. The zero-order chi connectivity index (χ0) is 21.3. The van der Waals surface area contributed by atoms with Gasteiger partial charge in [-0.05, 0) is 56.7 Å². The predicted octanol–water partition coefficient (Wildman–Crippen LogP) is 3.42. The number of ether oxygens (including phenoxy) is 2. The fourth-order valence-corrected chi connectivity index (χ4v) is 3.70. The topological polar surface area (TPSA) is 76.8 Å². The average molecular weight is 407 g/mol. The molecule has 1 aliphatic rings. The van der Waals surface area contributed by atoms with Crippen LogP contribution in [-0.4, -0.2) is 41.1 Å². The average Bonchev–Trinajstić information content (AvgIpc) is 3.16. The molecule has 4 rings (SSSR count). The second-order valence-electron chi connectivity index (χ2n) is 7.17. The van der Waals surface area contributed by atoms with Gasteiger partial charge in [-0.25, -0.2) is 4.68 Å². The molecule has 0 saturated carbocycles. The normalized spacial score (nSPS) is 14.5. The van der Waals surface area contributed by atoms with Gasteiger partial charge in [-0.1, -0.05) is 17.7 Å². The number of amides is 1. The summed E-state index contributed by atoms with van der Waals surface area (Å²) in [5, 5.41) is 15.1. The van der Waals surface area contributed by atoms with E-state index >= 15 is 0 Å². The van der Waals surface area contributed by atoms with Crippen LogP contribution in [0.1, 0.15) is 40.5 Å². The minimum absolute atomic E-state index is 0.154. The standard InChI is InChI=1S/C23H25N3O4/c1-4-30-23(28)20-19-13-14-25(16-7-5-15(2)6-8-16)22(27)21(19)26(24-20)17-9-11-18(29-3)12-10-17/h5-12,23,28H,4,13-14H2,1-3H3. The van der Waals surface area contributed by atoms with Crippen molar-refractivity contribution < 1.29 is 19.4 Å². The fourth-order valence-electron chi connectivity index (χ4n) is 3.70. The fraction of sp³-hybridized carbons (Fsp3) is 0.304. The van der Waals surface area contributed by atoms with E-state index < -0.39 is 6.29 Å². The molecule has 1 N–H and O–H groups in total. The van der Waals surface area contributed by atoms with E-state index in [0.717, 1.165) is 16.8 Å². The van der Waals surface area contributed by atoms with Gasteiger partial charge in [0.05, 0.1) is 12.8 Å². The van der Waals surface area contributed by atoms with E-state index in [9.17, 15) is 9.90 Å². The molecule has 2 aromatic carbocycles. The van der Waals surface area contributed by atoms with Crippen molar-refractivity contribution >= 4 is 11.6 Å². The maximum Gasteiger partial charge on any atom is 0.277 e. The van der Waals surface area contributed by atoms with Gasteiger partial charge in [0.1, 0.15) is 17.1 Å². The number of aliphatic hydroxyl groups is 1. The molecule has 0 aliphatic carbocycles. The molecule has 2 heterocycles. The molecule has 1 unspecified atom stereocenters. The summed E-state index contributed by atoms with van der Waals surface area (Å²) in [4.78, 5) is 15.3. The Morgan fingerprint density at radius 3 is 2.40 bits per heavy atom. The number of aryl methyl sites for hydroxylation is 1. The van der Waals surface area contributed by atoms with E-state index in [-0.39, 0.29) is 5.91 Å². The first-order chi connectivity index (χ1) is 14.5. The molecule has 0 spiro atoms. The van der Waals surface area contributed by atoms with Crippen molar-refractivity contribution in [3.8, 4) is 11.4 Å². The second kappa shape index (κ2) is 8.30. The van der Waals surface area contributed by atoms with E-state index in [1.54, 1.807) is 23.6 Å². The number of hydrogen-bond donors (Lipinski definition) is 1. The number of rotatable bonds is 6. The van der Waals surface area contributed by atoms with Gasteiger partial charge < -0.3 is 19.5 Å². The van der Waals surface area contributed by atoms with Crippen molar-refractivity contribution in [2.75, 3.05) is 25.2 Å². The lowest BCUT2D eigenvalue weighted by Crippen LogP contribution is -2.39. The Morgan fingerprint density at radius 2 is 1.77 bits per heavy atom. The highest BCUT2D eigenvalue weighted by molar-refractivity contribution is 6.07. The lowest BCUT2D eigenvalue weighted by atomic mass is 10.0. The summed E-state index contributed by atoms with van der Waals surface area (Å²) < 4.78 is 12.2. The van der Waals surface area contributed by atoms with Gasteiger partial charge in [0.15, 0.2) is 0 Å². The van der Waals surface area contributed by atoms with Crippen molar-refractivity contribution in [1.82, 2.24) is 9.78 Å². The van der Waals surface area contributed by atoms with Gasteiger partial charge in [-0.3, -0.25) is 4.79 Å². The molecule has 1 atom stereocenters. The van der Waals surface area contributed by atoms with Crippen LogP contribution in [0.5, 0.6) is 5.75 Å². The molecule has 1 aliphatic heterocycles. The molecule has 156 valence electrons. The molecule has 1 amide bonds. The summed E-state index contributed by atoms with van der Waals surface area (Å²) >= 11 is 0. The molecule has 0 radical (unpaired) electrons. The SMILES string of the molecule is CCOC(O)c1nn(-c2ccc(OC)cc2)c2c1CCN(c1ccc(C)cc1)C2=O. The summed E-state index contributed by atoms with van der Waals surface area (Å²) in [7, 11) is 1.60. The summed E-state index contributed by atoms with van der Waals surface area (Å²) in [5.74, 6) is 0.556. The Labute approximate surface area is 175 Å². The highest BCUT2D eigenvalue weighted by atomic mass is 16.6. The predicted molar refractivity (Wildman–Crippen MR) is 113 cm³/mol. The number of aliphatic hydroxyl groups excluding tert-OH is 1. The number of anilines is 1. The molecule has 1 aromatic heterocycles. The summed E-state index contributed by atoms with van der Waals surface area (Å²) in [6, 6.07) is 15.2. The zero-order valence-electron chi connectivity index (χ0n) is 17.3. The van der Waals surface area contributed by atoms with Gasteiger partial charge in [0.25, 0.3) is 5.91 Å². The largest absolute Gasteiger partial charge is 0.497 e. The summed E-state index contributed by atoms with van der Waals surface area (Å²) in [5.41, 5.74) is 4.24. The highest BCUT2D eigenvalue weighted by Gasteiger charge is 2.35. The first kappa shape index (κ1) is 20.1. The van der Waals surface area contributed by atoms with Crippen molar-refractivity contribution in [1.29, 1.82) is 0 Å². The van der Waals surface area contributed by atoms with Crippen LogP contribution < -0.4 is 9.64 Å². The first-order valence-electron chi connectivity index (χ1n) is 9.98. The van der Waals surface area contributed by atoms with E-state index in [0.29, 0.717) is 42.4 Å². The maximum absolute atomic E-state index is 13.5. The number of carbonyl (C=O) groups is 1. The van der Waals surface area contributed by atoms with Gasteiger partial charge in [0.2, 0.25) is 6.29 Å². The molecule has 0 fully saturated rings. The van der Waals surface area contributed by atoms with Crippen LogP contribution in [0.25, 0.3) is 5.69 Å². The van der Waals surface area contributed by atoms with Crippen molar-refractivity contribution in [3.05, 3.63) is 71.0 Å². The van der Waals surface area contributed by atoms with Gasteiger partial charge in [-0.2, -0.15) is 5.10 Å². The van der Waals surface area contributed by atoms with Crippen LogP contribution in [0.3, 0.4) is 0 Å². The Bertz CT molecular complexity index is 1040. The molecular formula is C23H25N3O4. The Balaban J connectivity index is 1.81. The molecule has 0 bridgehead atoms. The van der Waals surface area contributed by atoms with Gasteiger partial charge >= 0.3 is 0 Å². The number of fused-ring (bicyclic) bond motifs is 1. The van der Waals surface area contributed by atoms with Crippen LogP contribution in [-0.2, 0) is 11.2 Å². The van der Waals surface area contributed by atoms with E-state index in [4.69, 9.17) is 9.47 Å². The van der Waals surface area contributed by atoms with Gasteiger partial charge in [-0.15, -0.1) is 0 Å². The summed E-state index contributed by atoms with van der Waals surface area (Å²) in [6.07, 6.45) is -0.605. The maximum atomic E-state index is 13.5. The highest BCUT2D eigenvalue weighted by Crippen LogP contribution is 2.32. The molecular weight excluding hydrogens is 382 g/mol. The molecule has 0 saturated heterocycles. The van der Waals surface area contributed by atoms with E-state index in [1.165, 1.54) is 0 Å². The molecule has 30 heavy (non-hydrogen) atoms. The van der Waals surface area contributed by atoms with Crippen molar-refractivity contribution in [2.45, 2.75) is 26.6 Å². The minimum Gasteiger partial charge on any atom is -0.497 e. The van der Waals surface area contributed by atoms with E-state index in [2.05, 4.69) is 5.10 Å². The van der Waals surface area contributed by atoms with Crippen LogP contribution in [0.4, 0.5) is 5.69 Å². The zero-order valence-corrected chi connectivity index (χ0v) is 17.3. The number of benzene rings is 2. The second-order valence-corrected chi connectivity index (χ2v) is 7.17. The van der Waals surface area contributed by atoms with Crippen LogP contribution in [0.2, 0.25) is 0 Å². The Kier molecular flexibility index (Phi) is 5.57. The third-order valence-corrected chi connectivity index (χ3v) is 5.27. The number of nitrogens with zero attached hydrogens (tertiary/aromatic N) is 3. The number of methoxy groups -OCH3 is 1. The Morgan fingerprint density at radius 1 is 1.10 bits per heavy atom. The quantitative estimate of drug-likeness (QED) is 0.634. The third kappa shape index (κ3) is 3.58. The van der Waals surface area contributed by atoms with Gasteiger partial charge in [0, 0.05) is 24.4 Å². The molecule has 3 aromatic rings. The van der Waals surface area contributed by atoms with Crippen molar-refractivity contribution in [3.63, 3.8) is 0 Å². The molecule has 7 nitrogen and oxygen atoms in total.